The largest absolute Gasteiger partial charge is 0.370 e. The quantitative estimate of drug-likeness (QED) is 0.783. The van der Waals surface area contributed by atoms with Crippen molar-refractivity contribution in [3.63, 3.8) is 0 Å². The van der Waals surface area contributed by atoms with Crippen LogP contribution in [0.25, 0.3) is 0 Å². The van der Waals surface area contributed by atoms with E-state index in [1.54, 1.807) is 18.2 Å². The molecule has 2 aromatic carbocycles. The van der Waals surface area contributed by atoms with Crippen molar-refractivity contribution in [2.24, 2.45) is 0 Å². The number of carbonyl (C=O) groups excluding carboxylic acids is 1. The van der Waals surface area contributed by atoms with Crippen molar-refractivity contribution in [1.29, 1.82) is 0 Å². The average molecular weight is 416 g/mol. The summed E-state index contributed by atoms with van der Waals surface area (Å²) in [5, 5.41) is 7.13. The second-order valence-electron chi connectivity index (χ2n) is 8.37. The van der Waals surface area contributed by atoms with Gasteiger partial charge < -0.3 is 15.4 Å². The van der Waals surface area contributed by atoms with E-state index in [0.717, 1.165) is 37.2 Å². The van der Waals surface area contributed by atoms with Crippen LogP contribution in [0.5, 0.6) is 0 Å². The van der Waals surface area contributed by atoms with Crippen molar-refractivity contribution < 1.29 is 13.9 Å². The van der Waals surface area contributed by atoms with Gasteiger partial charge in [-0.1, -0.05) is 29.8 Å². The number of benzene rings is 2. The molecule has 2 aromatic rings. The van der Waals surface area contributed by atoms with E-state index < -0.39 is 5.66 Å². The number of nitrogens with one attached hydrogen (secondary N) is 2. The molecule has 5 nitrogen and oxygen atoms in total. The molecule has 7 heteroatoms. The Bertz CT molecular complexity index is 961. The predicted octanol–water partition coefficient (Wildman–Crippen LogP) is 3.79. The van der Waals surface area contributed by atoms with Gasteiger partial charge in [-0.2, -0.15) is 0 Å². The van der Waals surface area contributed by atoms with Gasteiger partial charge in [-0.15, -0.1) is 0 Å². The maximum atomic E-state index is 14.0. The van der Waals surface area contributed by atoms with E-state index in [-0.39, 0.29) is 17.3 Å². The lowest BCUT2D eigenvalue weighted by atomic mass is 9.84. The first-order valence-electron chi connectivity index (χ1n) is 9.96. The summed E-state index contributed by atoms with van der Waals surface area (Å²) in [6, 6.07) is 12.2. The number of ether oxygens (including phenoxy) is 1. The first kappa shape index (κ1) is 18.9. The Morgan fingerprint density at radius 1 is 1.14 bits per heavy atom. The highest BCUT2D eigenvalue weighted by atomic mass is 35.5. The maximum absolute atomic E-state index is 14.0. The summed E-state index contributed by atoms with van der Waals surface area (Å²) in [6.45, 7) is 2.71. The van der Waals surface area contributed by atoms with Gasteiger partial charge in [-0.3, -0.25) is 9.69 Å². The molecule has 2 N–H and O–H groups in total. The van der Waals surface area contributed by atoms with Crippen LogP contribution in [0.2, 0.25) is 5.02 Å². The van der Waals surface area contributed by atoms with Crippen LogP contribution in [0.15, 0.2) is 42.5 Å². The molecular weight excluding hydrogens is 393 g/mol. The molecule has 0 radical (unpaired) electrons. The smallest absolute Gasteiger partial charge is 0.255 e. The molecule has 152 valence electrons. The van der Waals surface area contributed by atoms with E-state index in [9.17, 15) is 9.18 Å². The number of carbonyl (C=O) groups is 1. The Hall–Kier alpha value is -2.15. The monoisotopic (exact) mass is 415 g/mol. The van der Waals surface area contributed by atoms with E-state index >= 15 is 0 Å². The molecule has 2 saturated heterocycles. The van der Waals surface area contributed by atoms with Crippen LogP contribution in [0, 0.1) is 5.82 Å². The standard InChI is InChI=1S/C22H23ClFN3O2/c23-16-5-6-19-17(11-16)20(28)26-22(25-19)13-21(29-14-22)7-9-27(10-8-21)12-15-3-1-2-4-18(15)24/h1-6,11,25H,7-10,12-14H2,(H,26,28). The summed E-state index contributed by atoms with van der Waals surface area (Å²) >= 11 is 6.03. The first-order valence-corrected chi connectivity index (χ1v) is 10.3. The van der Waals surface area contributed by atoms with Gasteiger partial charge in [0.2, 0.25) is 0 Å². The van der Waals surface area contributed by atoms with Gasteiger partial charge in [0.05, 0.1) is 17.8 Å². The number of hydrogen-bond acceptors (Lipinski definition) is 4. The van der Waals surface area contributed by atoms with Gasteiger partial charge in [0.25, 0.3) is 5.91 Å². The fourth-order valence-corrected chi connectivity index (χ4v) is 4.96. The van der Waals surface area contributed by atoms with E-state index in [1.165, 1.54) is 6.07 Å². The highest BCUT2D eigenvalue weighted by Crippen LogP contribution is 2.43. The predicted molar refractivity (Wildman–Crippen MR) is 109 cm³/mol. The number of halogens is 2. The van der Waals surface area contributed by atoms with E-state index in [4.69, 9.17) is 16.3 Å². The molecule has 3 aliphatic rings. The number of amides is 1. The lowest BCUT2D eigenvalue weighted by molar-refractivity contribution is -0.0453. The third-order valence-electron chi connectivity index (χ3n) is 6.32. The molecular formula is C22H23ClFN3O2. The number of anilines is 1. The van der Waals surface area contributed by atoms with Gasteiger partial charge >= 0.3 is 0 Å². The van der Waals surface area contributed by atoms with Crippen molar-refractivity contribution in [2.75, 3.05) is 25.0 Å². The molecule has 29 heavy (non-hydrogen) atoms. The van der Waals surface area contributed by atoms with Crippen LogP contribution in [-0.4, -0.2) is 41.8 Å². The Balaban J connectivity index is 1.26. The van der Waals surface area contributed by atoms with E-state index in [1.807, 2.05) is 18.2 Å². The number of rotatable bonds is 2. The van der Waals surface area contributed by atoms with Crippen LogP contribution in [0.1, 0.15) is 35.2 Å². The second kappa shape index (κ2) is 6.97. The zero-order valence-electron chi connectivity index (χ0n) is 16.0. The molecule has 0 saturated carbocycles. The number of piperidine rings is 1. The minimum Gasteiger partial charge on any atom is -0.370 e. The highest BCUT2D eigenvalue weighted by Gasteiger charge is 2.53. The van der Waals surface area contributed by atoms with Crippen molar-refractivity contribution in [3.05, 3.63) is 64.4 Å². The SMILES string of the molecule is O=C1NC2(COC3(CCN(Cc4ccccc4F)CC3)C2)Nc2ccc(Cl)cc21. The lowest BCUT2D eigenvalue weighted by Gasteiger charge is -2.41. The van der Waals surface area contributed by atoms with Crippen molar-refractivity contribution in [2.45, 2.75) is 37.1 Å². The topological polar surface area (TPSA) is 53.6 Å². The zero-order valence-corrected chi connectivity index (χ0v) is 16.8. The summed E-state index contributed by atoms with van der Waals surface area (Å²) in [5.74, 6) is -0.282. The molecule has 0 bridgehead atoms. The molecule has 0 aromatic heterocycles. The summed E-state index contributed by atoms with van der Waals surface area (Å²) in [7, 11) is 0. The first-order chi connectivity index (χ1) is 14.0. The molecule has 2 spiro atoms. The number of fused-ring (bicyclic) bond motifs is 1. The molecule has 1 amide bonds. The minimum atomic E-state index is -0.592. The van der Waals surface area contributed by atoms with Gasteiger partial charge in [0.15, 0.2) is 0 Å². The Morgan fingerprint density at radius 2 is 1.93 bits per heavy atom. The van der Waals surface area contributed by atoms with Crippen LogP contribution >= 0.6 is 11.6 Å². The fraction of sp³-hybridized carbons (Fsp3) is 0.409. The normalized spacial score (nSPS) is 25.7. The van der Waals surface area contributed by atoms with E-state index in [0.29, 0.717) is 30.2 Å². The highest BCUT2D eigenvalue weighted by molar-refractivity contribution is 6.31. The van der Waals surface area contributed by atoms with Crippen LogP contribution in [0.3, 0.4) is 0 Å². The molecule has 2 fully saturated rings. The maximum Gasteiger partial charge on any atom is 0.255 e. The average Bonchev–Trinajstić information content (AvgIpc) is 3.03. The molecule has 1 unspecified atom stereocenters. The van der Waals surface area contributed by atoms with Gasteiger partial charge in [-0.25, -0.2) is 4.39 Å². The third-order valence-corrected chi connectivity index (χ3v) is 6.56. The molecule has 1 atom stereocenters. The number of nitrogens with zero attached hydrogens (tertiary/aromatic N) is 1. The molecule has 0 aliphatic carbocycles. The minimum absolute atomic E-state index is 0.126. The molecule has 5 rings (SSSR count). The Kier molecular flexibility index (Phi) is 4.53. The summed E-state index contributed by atoms with van der Waals surface area (Å²) in [4.78, 5) is 14.9. The van der Waals surface area contributed by atoms with E-state index in [2.05, 4.69) is 15.5 Å². The van der Waals surface area contributed by atoms with Crippen molar-refractivity contribution >= 4 is 23.2 Å². The number of hydrogen-bond donors (Lipinski definition) is 2. The fourth-order valence-electron chi connectivity index (χ4n) is 4.78. The summed E-state index contributed by atoms with van der Waals surface area (Å²) < 4.78 is 20.2. The van der Waals surface area contributed by atoms with Crippen LogP contribution in [0.4, 0.5) is 10.1 Å². The summed E-state index contributed by atoms with van der Waals surface area (Å²) in [6.07, 6.45) is 2.42. The zero-order chi connectivity index (χ0) is 20.1. The Morgan fingerprint density at radius 3 is 2.72 bits per heavy atom. The van der Waals surface area contributed by atoms with Crippen molar-refractivity contribution in [3.8, 4) is 0 Å². The van der Waals surface area contributed by atoms with Crippen LogP contribution < -0.4 is 10.6 Å². The number of likely N-dealkylation sites (tertiary alicyclic amines) is 1. The van der Waals surface area contributed by atoms with Crippen molar-refractivity contribution in [1.82, 2.24) is 10.2 Å². The Labute approximate surface area is 174 Å². The molecule has 3 heterocycles. The summed E-state index contributed by atoms with van der Waals surface area (Å²) in [5.41, 5.74) is 1.21. The van der Waals surface area contributed by atoms with Gasteiger partial charge in [-0.05, 0) is 37.1 Å². The third kappa shape index (κ3) is 3.50. The van der Waals surface area contributed by atoms with Gasteiger partial charge in [0, 0.05) is 42.3 Å². The molecule has 3 aliphatic heterocycles. The second-order valence-corrected chi connectivity index (χ2v) is 8.80. The van der Waals surface area contributed by atoms with Crippen LogP contribution in [-0.2, 0) is 11.3 Å². The van der Waals surface area contributed by atoms with Gasteiger partial charge in [0.1, 0.15) is 11.5 Å². The lowest BCUT2D eigenvalue weighted by Crippen LogP contribution is -2.59.